The molecule has 0 fully saturated rings. The second-order valence-electron chi connectivity index (χ2n) is 21.1. The van der Waals surface area contributed by atoms with Crippen LogP contribution in [0.15, 0.2) is 211 Å². The van der Waals surface area contributed by atoms with Crippen molar-refractivity contribution in [2.75, 3.05) is 89.9 Å². The quantitative estimate of drug-likeness (QED) is 0.00926. The van der Waals surface area contributed by atoms with Crippen molar-refractivity contribution in [1.29, 1.82) is 0 Å². The maximum atomic E-state index is 6.73. The molecule has 0 saturated heterocycles. The average Bonchev–Trinajstić information content (AvgIpc) is 0.791. The van der Waals surface area contributed by atoms with Gasteiger partial charge in [0.25, 0.3) is 0 Å². The number of ether oxygens (including phenoxy) is 15. The van der Waals surface area contributed by atoms with Crippen LogP contribution in [0.25, 0.3) is 21.5 Å². The van der Waals surface area contributed by atoms with Gasteiger partial charge in [-0.25, -0.2) is 0 Å². The van der Waals surface area contributed by atoms with Gasteiger partial charge >= 0.3 is 0 Å². The van der Waals surface area contributed by atoms with Crippen LogP contribution in [-0.2, 0) is 48.5 Å². The Morgan fingerprint density at radius 1 is 0.468 bits per heavy atom. The highest BCUT2D eigenvalue weighted by Gasteiger charge is 2.15. The van der Waals surface area contributed by atoms with Crippen molar-refractivity contribution in [3.63, 3.8) is 0 Å². The Bertz CT molecular complexity index is 3870. The van der Waals surface area contributed by atoms with Gasteiger partial charge in [0.05, 0.1) is 81.1 Å². The van der Waals surface area contributed by atoms with E-state index in [1.165, 1.54) is 0 Å². The van der Waals surface area contributed by atoms with Gasteiger partial charge < -0.3 is 71.1 Å². The van der Waals surface area contributed by atoms with Crippen molar-refractivity contribution >= 4 is 21.5 Å². The molecule has 0 bridgehead atoms. The second kappa shape index (κ2) is 36.7. The third-order valence-electron chi connectivity index (χ3n) is 14.2. The minimum atomic E-state index is 0.0680. The highest BCUT2D eigenvalue weighted by atomic mass is 17.0. The molecule has 8 rings (SSSR count). The molecule has 0 amide bonds. The highest BCUT2D eigenvalue weighted by Crippen LogP contribution is 2.39. The molecule has 494 valence electrons. The Kier molecular flexibility index (Phi) is 27.2. The van der Waals surface area contributed by atoms with Crippen molar-refractivity contribution < 1.29 is 80.8 Å². The Morgan fingerprint density at radius 2 is 0.926 bits per heavy atom. The lowest BCUT2D eigenvalue weighted by atomic mass is 9.97. The number of benzene rings is 8. The van der Waals surface area contributed by atoms with Gasteiger partial charge in [0.15, 0.2) is 5.76 Å². The van der Waals surface area contributed by atoms with Crippen LogP contribution >= 0.6 is 0 Å². The molecule has 2 N–H and O–H groups in total. The molecule has 0 aromatic heterocycles. The normalized spacial score (nSPS) is 11.5. The van der Waals surface area contributed by atoms with Gasteiger partial charge in [-0.2, -0.15) is 10.4 Å². The monoisotopic (exact) mass is 1280 g/mol. The van der Waals surface area contributed by atoms with Crippen molar-refractivity contribution in [2.24, 2.45) is 0 Å². The minimum Gasteiger partial charge on any atom is -0.501 e. The number of unbranched alkanes of at least 4 members (excludes halogenated alkanes) is 1. The number of rotatable bonds is 39. The SMILES string of the molecule is C=C(C=C=C(/C=C(\C)OC)OC)COc1cc(COc2cc(OCCCCNONOCc3c4ccccc4cc4ccccc34)cc(Oc3cc(OCC(=C/COC)/C=C(\C)OC)cc(Oc4cc(OC)cc(OC)c4)c3)c2)cc(OCc2cc(OC)cc(OC)c2)c1. The second-order valence-corrected chi connectivity index (χ2v) is 21.1. The summed E-state index contributed by atoms with van der Waals surface area (Å²) in [6.07, 6.45) is 8.56. The van der Waals surface area contributed by atoms with Gasteiger partial charge in [0, 0.05) is 86.5 Å². The fourth-order valence-corrected chi connectivity index (χ4v) is 9.39. The van der Waals surface area contributed by atoms with Gasteiger partial charge in [0.1, 0.15) is 101 Å². The topological polar surface area (TPSA) is 181 Å². The van der Waals surface area contributed by atoms with Crippen molar-refractivity contribution in [1.82, 2.24) is 11.1 Å². The summed E-state index contributed by atoms with van der Waals surface area (Å²) in [5, 5.41) is 4.51. The molecule has 0 spiro atoms. The van der Waals surface area contributed by atoms with Gasteiger partial charge in [0.2, 0.25) is 0 Å². The number of fused-ring (bicyclic) bond motifs is 2. The molecule has 0 radical (unpaired) electrons. The number of hydroxylamine groups is 1. The van der Waals surface area contributed by atoms with Crippen LogP contribution in [0, 0.1) is 0 Å². The zero-order valence-corrected chi connectivity index (χ0v) is 54.9. The van der Waals surface area contributed by atoms with Crippen molar-refractivity contribution in [3.8, 4) is 74.7 Å². The Hall–Kier alpha value is -10.2. The highest BCUT2D eigenvalue weighted by molar-refractivity contribution is 6.02. The fourth-order valence-electron chi connectivity index (χ4n) is 9.39. The number of allylic oxidation sites excluding steroid dienone is 2. The number of hydrogen-bond donors (Lipinski definition) is 2. The summed E-state index contributed by atoms with van der Waals surface area (Å²) >= 11 is 0. The predicted molar refractivity (Wildman–Crippen MR) is 361 cm³/mol. The van der Waals surface area contributed by atoms with E-state index in [2.05, 4.69) is 53.8 Å². The first-order valence-electron chi connectivity index (χ1n) is 30.2. The van der Waals surface area contributed by atoms with Gasteiger partial charge in [-0.05, 0) is 119 Å². The minimum absolute atomic E-state index is 0.0680. The van der Waals surface area contributed by atoms with E-state index in [0.29, 0.717) is 130 Å². The van der Waals surface area contributed by atoms with Crippen molar-refractivity contribution in [3.05, 3.63) is 227 Å². The summed E-state index contributed by atoms with van der Waals surface area (Å²) in [6, 6.07) is 45.7. The average molecular weight is 1280 g/mol. The third-order valence-corrected chi connectivity index (χ3v) is 14.2. The van der Waals surface area contributed by atoms with E-state index < -0.39 is 0 Å². The molecular formula is C75H82N2O17. The van der Waals surface area contributed by atoms with E-state index in [0.717, 1.165) is 43.8 Å². The number of methoxy groups -OCH3 is 8. The largest absolute Gasteiger partial charge is 0.501 e. The molecule has 19 heteroatoms. The van der Waals surface area contributed by atoms with E-state index in [9.17, 15) is 0 Å². The molecule has 0 saturated carbocycles. The molecule has 94 heavy (non-hydrogen) atoms. The molecule has 0 aliphatic carbocycles. The van der Waals surface area contributed by atoms with Crippen LogP contribution < -0.4 is 63.2 Å². The lowest BCUT2D eigenvalue weighted by Crippen LogP contribution is -2.27. The summed E-state index contributed by atoms with van der Waals surface area (Å²) < 4.78 is 89.2. The van der Waals surface area contributed by atoms with Gasteiger partial charge in [-0.15, -0.1) is 0 Å². The van der Waals surface area contributed by atoms with Gasteiger partial charge in [-0.1, -0.05) is 72.6 Å². The maximum absolute atomic E-state index is 6.73. The fraction of sp³-hybridized carbons (Fsp3) is 0.267. The summed E-state index contributed by atoms with van der Waals surface area (Å²) in [4.78, 5) is 11.3. The van der Waals surface area contributed by atoms with E-state index >= 15 is 0 Å². The van der Waals surface area contributed by atoms with E-state index in [-0.39, 0.29) is 33.0 Å². The molecule has 0 unspecified atom stereocenters. The first-order chi connectivity index (χ1) is 45.9. The molecule has 19 nitrogen and oxygen atoms in total. The zero-order chi connectivity index (χ0) is 66.4. The molecular weight excluding hydrogens is 1200 g/mol. The van der Waals surface area contributed by atoms with Crippen LogP contribution in [0.4, 0.5) is 0 Å². The number of nitrogens with one attached hydrogen (secondary N) is 2. The van der Waals surface area contributed by atoms with Crippen LogP contribution in [0.3, 0.4) is 0 Å². The summed E-state index contributed by atoms with van der Waals surface area (Å²) in [6.45, 7) is 9.89. The summed E-state index contributed by atoms with van der Waals surface area (Å²) in [5.41, 5.74) is 12.7. The Balaban J connectivity index is 1.03. The van der Waals surface area contributed by atoms with Crippen LogP contribution in [-0.4, -0.2) is 89.9 Å². The summed E-state index contributed by atoms with van der Waals surface area (Å²) in [7, 11) is 12.7. The van der Waals surface area contributed by atoms with Crippen LogP contribution in [0.1, 0.15) is 43.4 Å². The first kappa shape index (κ1) is 69.6. The molecule has 0 aliphatic rings. The van der Waals surface area contributed by atoms with E-state index in [1.807, 2.05) is 74.5 Å². The van der Waals surface area contributed by atoms with Gasteiger partial charge in [-0.3, -0.25) is 4.84 Å². The smallest absolute Gasteiger partial charge is 0.165 e. The lowest BCUT2D eigenvalue weighted by molar-refractivity contribution is -0.213. The Labute approximate surface area is 549 Å². The zero-order valence-electron chi connectivity index (χ0n) is 54.9. The van der Waals surface area contributed by atoms with Crippen molar-refractivity contribution in [2.45, 2.75) is 46.5 Å². The molecule has 0 heterocycles. The lowest BCUT2D eigenvalue weighted by Gasteiger charge is -2.17. The molecule has 8 aromatic rings. The molecule has 0 aliphatic heterocycles. The first-order valence-corrected chi connectivity index (χ1v) is 30.2. The predicted octanol–water partition coefficient (Wildman–Crippen LogP) is 15.8. The number of hydrogen-bond acceptors (Lipinski definition) is 19. The molecule has 0 atom stereocenters. The maximum Gasteiger partial charge on any atom is 0.165 e. The van der Waals surface area contributed by atoms with Crippen LogP contribution in [0.2, 0.25) is 0 Å². The summed E-state index contributed by atoms with van der Waals surface area (Å²) in [5.74, 6) is 8.10. The Morgan fingerprint density at radius 3 is 1.48 bits per heavy atom. The third kappa shape index (κ3) is 22.0. The molecule has 8 aromatic carbocycles. The van der Waals surface area contributed by atoms with Crippen LogP contribution in [0.5, 0.6) is 74.7 Å². The van der Waals surface area contributed by atoms with E-state index in [1.54, 1.807) is 136 Å². The van der Waals surface area contributed by atoms with E-state index in [4.69, 9.17) is 80.8 Å². The standard InChI is InChI=1S/C75H82N2O17/c1-51(22-23-59(81-7)29-53(3)80-6)46-87-64-32-56(33-65(39-64)89-48-55-30-60(82-8)35-61(31-55)83-9)49-90-67-40-66(86-26-17-16-25-76-94-77-91-50-75-73-20-14-12-18-57(73)34-58-19-13-15-21-74(58)75)41-70(42-67)93-72-44-68(88-47-54(24-27-78-4)28-52(2)79-5)43-71(45-72)92-69-37-62(84-10)36-63(38-69)85-11/h12-15,18-22,24,28-45,76-77H,1,16-17,25-27,46-50H2,2-11H3/b52-28+,53-29+,54-24+.